The maximum atomic E-state index is 12.6. The minimum Gasteiger partial charge on any atom is -0.353 e. The Kier molecular flexibility index (Phi) is 6.82. The summed E-state index contributed by atoms with van der Waals surface area (Å²) in [6.07, 6.45) is 4.54. The molecule has 1 N–H and O–H groups in total. The molecule has 1 aliphatic carbocycles. The van der Waals surface area contributed by atoms with Crippen molar-refractivity contribution in [2.24, 2.45) is 5.92 Å². The summed E-state index contributed by atoms with van der Waals surface area (Å²) in [6.45, 7) is 6.17. The largest absolute Gasteiger partial charge is 0.433 e. The number of allylic oxidation sites excluding steroid dienone is 1. The predicted octanol–water partition coefficient (Wildman–Crippen LogP) is 8.15. The van der Waals surface area contributed by atoms with Gasteiger partial charge in [-0.05, 0) is 80.7 Å². The zero-order valence-corrected chi connectivity index (χ0v) is 18.7. The topological polar surface area (TPSA) is 37.8 Å². The van der Waals surface area contributed by atoms with Crippen LogP contribution in [-0.4, -0.2) is 9.97 Å². The summed E-state index contributed by atoms with van der Waals surface area (Å²) in [7, 11) is 0. The van der Waals surface area contributed by atoms with Crippen LogP contribution in [-0.2, 0) is 6.18 Å². The smallest absolute Gasteiger partial charge is 0.353 e. The van der Waals surface area contributed by atoms with Crippen LogP contribution in [0.25, 0.3) is 11.3 Å². The standard InChI is InChI=1S/C27H28F3N3/c1-18(2)15-19-3-5-20(6-4-19)21-7-9-22(10-8-21)25-13-11-23(16-31-25)33-24-12-14-26(32-17-24)27(28,29)30/h7-14,16-17,19-20,33H,1,3-6,15H2,2H3. The van der Waals surface area contributed by atoms with Crippen LogP contribution in [0, 0.1) is 5.92 Å². The van der Waals surface area contributed by atoms with Gasteiger partial charge in [-0.25, -0.2) is 4.98 Å². The molecule has 3 nitrogen and oxygen atoms in total. The number of anilines is 2. The van der Waals surface area contributed by atoms with Gasteiger partial charge in [0.15, 0.2) is 0 Å². The first kappa shape index (κ1) is 23.0. The summed E-state index contributed by atoms with van der Waals surface area (Å²) in [5, 5.41) is 3.03. The number of halogens is 3. The van der Waals surface area contributed by atoms with Gasteiger partial charge in [0.1, 0.15) is 5.69 Å². The molecule has 1 aromatic carbocycles. The molecule has 4 rings (SSSR count). The summed E-state index contributed by atoms with van der Waals surface area (Å²) in [6, 6.07) is 14.7. The summed E-state index contributed by atoms with van der Waals surface area (Å²) in [4.78, 5) is 7.97. The van der Waals surface area contributed by atoms with Crippen molar-refractivity contribution in [3.05, 3.63) is 84.3 Å². The lowest BCUT2D eigenvalue weighted by atomic mass is 9.77. The Bertz CT molecular complexity index is 1060. The van der Waals surface area contributed by atoms with Crippen molar-refractivity contribution in [1.82, 2.24) is 9.97 Å². The second-order valence-corrected chi connectivity index (χ2v) is 8.99. The van der Waals surface area contributed by atoms with E-state index in [4.69, 9.17) is 0 Å². The molecule has 3 aromatic rings. The average Bonchev–Trinajstić information content (AvgIpc) is 2.80. The van der Waals surface area contributed by atoms with Crippen molar-refractivity contribution < 1.29 is 13.2 Å². The van der Waals surface area contributed by atoms with Crippen molar-refractivity contribution >= 4 is 11.4 Å². The van der Waals surface area contributed by atoms with E-state index in [-0.39, 0.29) is 0 Å². The van der Waals surface area contributed by atoms with Gasteiger partial charge >= 0.3 is 6.18 Å². The maximum Gasteiger partial charge on any atom is 0.433 e. The van der Waals surface area contributed by atoms with Crippen LogP contribution in [0.15, 0.2) is 73.1 Å². The quantitative estimate of drug-likeness (QED) is 0.384. The molecule has 33 heavy (non-hydrogen) atoms. The first-order valence-electron chi connectivity index (χ1n) is 11.3. The number of alkyl halides is 3. The Morgan fingerprint density at radius 2 is 1.55 bits per heavy atom. The van der Waals surface area contributed by atoms with E-state index in [0.29, 0.717) is 17.3 Å². The number of hydrogen-bond donors (Lipinski definition) is 1. The second kappa shape index (κ2) is 9.77. The summed E-state index contributed by atoms with van der Waals surface area (Å²) in [5.74, 6) is 1.41. The fourth-order valence-corrected chi connectivity index (χ4v) is 4.56. The molecule has 2 heterocycles. The van der Waals surface area contributed by atoms with Gasteiger partial charge in [-0.15, -0.1) is 6.58 Å². The Morgan fingerprint density at radius 3 is 2.06 bits per heavy atom. The van der Waals surface area contributed by atoms with Gasteiger partial charge in [-0.3, -0.25) is 4.98 Å². The molecular weight excluding hydrogens is 423 g/mol. The van der Waals surface area contributed by atoms with E-state index in [1.807, 2.05) is 12.1 Å². The van der Waals surface area contributed by atoms with E-state index in [9.17, 15) is 13.2 Å². The fraction of sp³-hybridized carbons (Fsp3) is 0.333. The molecule has 0 amide bonds. The Hall–Kier alpha value is -3.15. The first-order valence-corrected chi connectivity index (χ1v) is 11.3. The van der Waals surface area contributed by atoms with E-state index in [2.05, 4.69) is 53.1 Å². The van der Waals surface area contributed by atoms with Crippen LogP contribution in [0.1, 0.15) is 56.2 Å². The third-order valence-corrected chi connectivity index (χ3v) is 6.27. The molecule has 1 saturated carbocycles. The number of nitrogens with zero attached hydrogens (tertiary/aromatic N) is 2. The molecule has 0 saturated heterocycles. The number of hydrogen-bond acceptors (Lipinski definition) is 3. The molecule has 1 fully saturated rings. The Balaban J connectivity index is 1.36. The molecule has 1 aliphatic rings. The molecule has 0 radical (unpaired) electrons. The fourth-order valence-electron chi connectivity index (χ4n) is 4.56. The van der Waals surface area contributed by atoms with E-state index in [0.717, 1.165) is 29.7 Å². The SMILES string of the molecule is C=C(C)CC1CCC(c2ccc(-c3ccc(Nc4ccc(C(F)(F)F)nc4)cn3)cc2)CC1. The highest BCUT2D eigenvalue weighted by atomic mass is 19.4. The number of pyridine rings is 2. The average molecular weight is 452 g/mol. The molecule has 0 bridgehead atoms. The van der Waals surface area contributed by atoms with Gasteiger partial charge < -0.3 is 5.32 Å². The summed E-state index contributed by atoms with van der Waals surface area (Å²) < 4.78 is 37.9. The molecule has 0 aliphatic heterocycles. The molecule has 0 spiro atoms. The van der Waals surface area contributed by atoms with Crippen LogP contribution in [0.2, 0.25) is 0 Å². The van der Waals surface area contributed by atoms with Crippen LogP contribution in [0.5, 0.6) is 0 Å². The van der Waals surface area contributed by atoms with E-state index in [1.165, 1.54) is 49.1 Å². The molecular formula is C27H28F3N3. The highest BCUT2D eigenvalue weighted by Gasteiger charge is 2.32. The van der Waals surface area contributed by atoms with E-state index < -0.39 is 11.9 Å². The van der Waals surface area contributed by atoms with Crippen molar-refractivity contribution in [3.8, 4) is 11.3 Å². The first-order chi connectivity index (χ1) is 15.8. The van der Waals surface area contributed by atoms with Crippen molar-refractivity contribution in [2.75, 3.05) is 5.32 Å². The molecule has 0 unspecified atom stereocenters. The molecule has 172 valence electrons. The normalized spacial score (nSPS) is 18.7. The predicted molar refractivity (Wildman–Crippen MR) is 126 cm³/mol. The third kappa shape index (κ3) is 6.01. The van der Waals surface area contributed by atoms with Gasteiger partial charge in [0, 0.05) is 5.56 Å². The van der Waals surface area contributed by atoms with Crippen LogP contribution >= 0.6 is 0 Å². The van der Waals surface area contributed by atoms with Crippen molar-refractivity contribution in [1.29, 1.82) is 0 Å². The second-order valence-electron chi connectivity index (χ2n) is 8.99. The van der Waals surface area contributed by atoms with E-state index in [1.54, 1.807) is 6.20 Å². The molecule has 2 aromatic heterocycles. The third-order valence-electron chi connectivity index (χ3n) is 6.27. The highest BCUT2D eigenvalue weighted by Crippen LogP contribution is 2.38. The van der Waals surface area contributed by atoms with Gasteiger partial charge in [0.2, 0.25) is 0 Å². The maximum absolute atomic E-state index is 12.6. The van der Waals surface area contributed by atoms with Crippen LogP contribution < -0.4 is 5.32 Å². The van der Waals surface area contributed by atoms with Gasteiger partial charge in [0.05, 0.1) is 29.5 Å². The van der Waals surface area contributed by atoms with Gasteiger partial charge in [-0.2, -0.15) is 13.2 Å². The zero-order valence-electron chi connectivity index (χ0n) is 18.7. The summed E-state index contributed by atoms with van der Waals surface area (Å²) in [5.41, 5.74) is 4.81. The summed E-state index contributed by atoms with van der Waals surface area (Å²) >= 11 is 0. The van der Waals surface area contributed by atoms with Gasteiger partial charge in [0.25, 0.3) is 0 Å². The number of aromatic nitrogens is 2. The van der Waals surface area contributed by atoms with E-state index >= 15 is 0 Å². The lowest BCUT2D eigenvalue weighted by Gasteiger charge is -2.29. The monoisotopic (exact) mass is 451 g/mol. The Labute approximate surface area is 192 Å². The van der Waals surface area contributed by atoms with Gasteiger partial charge in [-0.1, -0.05) is 29.8 Å². The number of benzene rings is 1. The van der Waals surface area contributed by atoms with Crippen LogP contribution in [0.3, 0.4) is 0 Å². The lowest BCUT2D eigenvalue weighted by molar-refractivity contribution is -0.141. The Morgan fingerprint density at radius 1 is 0.909 bits per heavy atom. The lowest BCUT2D eigenvalue weighted by Crippen LogP contribution is -2.13. The number of nitrogens with one attached hydrogen (secondary N) is 1. The zero-order chi connectivity index (χ0) is 23.4. The molecule has 6 heteroatoms. The minimum absolute atomic E-state index is 0.472. The van der Waals surface area contributed by atoms with Crippen molar-refractivity contribution in [3.63, 3.8) is 0 Å². The molecule has 0 atom stereocenters. The van der Waals surface area contributed by atoms with Crippen LogP contribution in [0.4, 0.5) is 24.5 Å². The minimum atomic E-state index is -4.44. The van der Waals surface area contributed by atoms with Crippen molar-refractivity contribution in [2.45, 2.75) is 51.1 Å². The number of rotatable bonds is 6. The highest BCUT2D eigenvalue weighted by molar-refractivity contribution is 5.64.